The largest absolute Gasteiger partial charge is 0.487 e. The monoisotopic (exact) mass is 391 g/mol. The van der Waals surface area contributed by atoms with Crippen molar-refractivity contribution >= 4 is 22.6 Å². The summed E-state index contributed by atoms with van der Waals surface area (Å²) in [6, 6.07) is 6.79. The first-order chi connectivity index (χ1) is 12.8. The number of rotatable bonds is 6. The van der Waals surface area contributed by atoms with Crippen molar-refractivity contribution in [3.63, 3.8) is 0 Å². The molecule has 0 bridgehead atoms. The predicted molar refractivity (Wildman–Crippen MR) is 104 cm³/mol. The van der Waals surface area contributed by atoms with Crippen molar-refractivity contribution in [1.82, 2.24) is 15.2 Å². The Kier molecular flexibility index (Phi) is 5.67. The second-order valence-electron chi connectivity index (χ2n) is 7.50. The fourth-order valence-corrected chi connectivity index (χ4v) is 3.05. The molecule has 0 aliphatic rings. The number of fused-ring (bicyclic) bond motifs is 1. The Morgan fingerprint density at radius 2 is 2.04 bits per heavy atom. The molecule has 0 saturated heterocycles. The van der Waals surface area contributed by atoms with Gasteiger partial charge in [0.25, 0.3) is 0 Å². The van der Waals surface area contributed by atoms with E-state index in [1.54, 1.807) is 6.07 Å². The van der Waals surface area contributed by atoms with Gasteiger partial charge in [-0.3, -0.25) is 5.10 Å². The van der Waals surface area contributed by atoms with Crippen molar-refractivity contribution in [2.24, 2.45) is 0 Å². The fraction of sp³-hybridized carbons (Fsp3) is 0.400. The highest BCUT2D eigenvalue weighted by Gasteiger charge is 2.22. The van der Waals surface area contributed by atoms with Gasteiger partial charge in [0, 0.05) is 29.3 Å². The van der Waals surface area contributed by atoms with Gasteiger partial charge < -0.3 is 9.84 Å². The number of aliphatic hydroxyl groups excluding tert-OH is 1. The number of halogens is 2. The van der Waals surface area contributed by atoms with E-state index in [9.17, 15) is 4.39 Å². The minimum atomic E-state index is -0.510. The summed E-state index contributed by atoms with van der Waals surface area (Å²) in [5.74, 6) is -0.0518. The van der Waals surface area contributed by atoms with Crippen molar-refractivity contribution in [2.45, 2.75) is 45.6 Å². The topological polar surface area (TPSA) is 71.0 Å². The Morgan fingerprint density at radius 3 is 2.74 bits per heavy atom. The molecule has 2 heterocycles. The molecule has 0 aliphatic carbocycles. The SMILES string of the molecule is CC(C)(C)c1cc(Cl)c(F)cc1OCc1[nH]nc2nc(CCCO)ccc12. The number of pyridine rings is 1. The molecular formula is C20H23ClFN3O2. The summed E-state index contributed by atoms with van der Waals surface area (Å²) in [5.41, 5.74) is 2.84. The van der Waals surface area contributed by atoms with Gasteiger partial charge in [0.15, 0.2) is 5.65 Å². The van der Waals surface area contributed by atoms with Gasteiger partial charge in [-0.1, -0.05) is 32.4 Å². The first-order valence-corrected chi connectivity index (χ1v) is 9.23. The lowest BCUT2D eigenvalue weighted by Crippen LogP contribution is -2.14. The average Bonchev–Trinajstić information content (AvgIpc) is 3.02. The third-order valence-corrected chi connectivity index (χ3v) is 4.64. The van der Waals surface area contributed by atoms with Gasteiger partial charge in [-0.15, -0.1) is 0 Å². The normalized spacial score (nSPS) is 11.9. The number of aromatic nitrogens is 3. The molecule has 1 aromatic carbocycles. The molecule has 2 aromatic heterocycles. The first kappa shape index (κ1) is 19.6. The van der Waals surface area contributed by atoms with Crippen LogP contribution in [-0.2, 0) is 18.4 Å². The molecule has 144 valence electrons. The predicted octanol–water partition coefficient (Wildman–Crippen LogP) is 4.55. The van der Waals surface area contributed by atoms with Crippen molar-refractivity contribution in [1.29, 1.82) is 0 Å². The lowest BCUT2D eigenvalue weighted by atomic mass is 9.86. The molecule has 3 rings (SSSR count). The van der Waals surface area contributed by atoms with Crippen LogP contribution in [-0.4, -0.2) is 26.9 Å². The molecule has 7 heteroatoms. The average molecular weight is 392 g/mol. The van der Waals surface area contributed by atoms with E-state index in [4.69, 9.17) is 21.4 Å². The van der Waals surface area contributed by atoms with Gasteiger partial charge in [0.2, 0.25) is 0 Å². The Labute approximate surface area is 162 Å². The van der Waals surface area contributed by atoms with E-state index in [2.05, 4.69) is 15.2 Å². The van der Waals surface area contributed by atoms with Crippen molar-refractivity contribution < 1.29 is 14.2 Å². The number of aryl methyl sites for hydroxylation is 1. The van der Waals surface area contributed by atoms with Gasteiger partial charge in [-0.2, -0.15) is 5.10 Å². The van der Waals surface area contributed by atoms with E-state index in [1.165, 1.54) is 6.07 Å². The van der Waals surface area contributed by atoms with Gasteiger partial charge in [-0.05, 0) is 36.5 Å². The molecule has 0 saturated carbocycles. The summed E-state index contributed by atoms with van der Waals surface area (Å²) < 4.78 is 19.9. The maximum Gasteiger partial charge on any atom is 0.181 e. The van der Waals surface area contributed by atoms with Crippen LogP contribution in [0.15, 0.2) is 24.3 Å². The number of nitrogens with zero attached hydrogens (tertiary/aromatic N) is 2. The lowest BCUT2D eigenvalue weighted by Gasteiger charge is -2.23. The zero-order valence-corrected chi connectivity index (χ0v) is 16.4. The van der Waals surface area contributed by atoms with Crippen LogP contribution in [0.5, 0.6) is 5.75 Å². The number of H-pyrrole nitrogens is 1. The standard InChI is InChI=1S/C20H23ClFN3O2/c1-20(2,3)14-9-15(21)16(22)10-18(14)27-11-17-13-7-6-12(5-4-8-26)23-19(13)25-24-17/h6-7,9-10,26H,4-5,8,11H2,1-3H3,(H,23,24,25). The van der Waals surface area contributed by atoms with Crippen LogP contribution in [0.2, 0.25) is 5.02 Å². The van der Waals surface area contributed by atoms with Gasteiger partial charge in [0.05, 0.1) is 10.7 Å². The van der Waals surface area contributed by atoms with Crippen LogP contribution in [0, 0.1) is 5.82 Å². The summed E-state index contributed by atoms with van der Waals surface area (Å²) in [5, 5.41) is 17.1. The Hall–Kier alpha value is -2.18. The zero-order valence-electron chi connectivity index (χ0n) is 15.6. The fourth-order valence-electron chi connectivity index (χ4n) is 2.88. The van der Waals surface area contributed by atoms with Crippen LogP contribution in [0.4, 0.5) is 4.39 Å². The number of aromatic amines is 1. The molecule has 0 fully saturated rings. The maximum absolute atomic E-state index is 14.0. The van der Waals surface area contributed by atoms with Gasteiger partial charge >= 0.3 is 0 Å². The molecule has 2 N–H and O–H groups in total. The Morgan fingerprint density at radius 1 is 1.26 bits per heavy atom. The maximum atomic E-state index is 14.0. The molecule has 0 amide bonds. The highest BCUT2D eigenvalue weighted by molar-refractivity contribution is 6.30. The number of ether oxygens (including phenoxy) is 1. The Balaban J connectivity index is 1.84. The third-order valence-electron chi connectivity index (χ3n) is 4.35. The second-order valence-corrected chi connectivity index (χ2v) is 7.91. The zero-order chi connectivity index (χ0) is 19.6. The van der Waals surface area contributed by atoms with E-state index >= 15 is 0 Å². The summed E-state index contributed by atoms with van der Waals surface area (Å²) in [4.78, 5) is 4.48. The van der Waals surface area contributed by atoms with E-state index in [-0.39, 0.29) is 23.7 Å². The van der Waals surface area contributed by atoms with E-state index in [0.717, 1.165) is 22.3 Å². The van der Waals surface area contributed by atoms with Crippen molar-refractivity contribution in [3.05, 3.63) is 52.1 Å². The highest BCUT2D eigenvalue weighted by atomic mass is 35.5. The molecule has 0 atom stereocenters. The molecular weight excluding hydrogens is 369 g/mol. The van der Waals surface area contributed by atoms with Gasteiger partial charge in [-0.25, -0.2) is 9.37 Å². The van der Waals surface area contributed by atoms with Crippen molar-refractivity contribution in [2.75, 3.05) is 6.61 Å². The van der Waals surface area contributed by atoms with Crippen LogP contribution < -0.4 is 4.74 Å². The number of aliphatic hydroxyl groups is 1. The molecule has 0 unspecified atom stereocenters. The molecule has 0 aliphatic heterocycles. The molecule has 5 nitrogen and oxygen atoms in total. The Bertz CT molecular complexity index is 950. The number of benzene rings is 1. The minimum Gasteiger partial charge on any atom is -0.487 e. The van der Waals surface area contributed by atoms with Crippen molar-refractivity contribution in [3.8, 4) is 5.75 Å². The van der Waals surface area contributed by atoms with E-state index in [1.807, 2.05) is 32.9 Å². The van der Waals surface area contributed by atoms with Crippen LogP contribution in [0.25, 0.3) is 11.0 Å². The molecule has 0 radical (unpaired) electrons. The summed E-state index contributed by atoms with van der Waals surface area (Å²) in [6.07, 6.45) is 1.36. The molecule has 27 heavy (non-hydrogen) atoms. The van der Waals surface area contributed by atoms with Crippen LogP contribution in [0.1, 0.15) is 44.1 Å². The number of hydrogen-bond acceptors (Lipinski definition) is 4. The summed E-state index contributed by atoms with van der Waals surface area (Å²) >= 11 is 5.95. The van der Waals surface area contributed by atoms with Crippen LogP contribution in [0.3, 0.4) is 0 Å². The van der Waals surface area contributed by atoms with Gasteiger partial charge in [0.1, 0.15) is 18.2 Å². The quantitative estimate of drug-likeness (QED) is 0.646. The molecule has 3 aromatic rings. The van der Waals surface area contributed by atoms with E-state index in [0.29, 0.717) is 24.2 Å². The lowest BCUT2D eigenvalue weighted by molar-refractivity contribution is 0.288. The first-order valence-electron chi connectivity index (χ1n) is 8.85. The molecule has 0 spiro atoms. The third kappa shape index (κ3) is 4.39. The summed E-state index contributed by atoms with van der Waals surface area (Å²) in [6.45, 7) is 6.40. The van der Waals surface area contributed by atoms with Crippen LogP contribution >= 0.6 is 11.6 Å². The smallest absolute Gasteiger partial charge is 0.181 e. The number of nitrogens with one attached hydrogen (secondary N) is 1. The second kappa shape index (κ2) is 7.82. The summed E-state index contributed by atoms with van der Waals surface area (Å²) in [7, 11) is 0. The minimum absolute atomic E-state index is 0.0823. The van der Waals surface area contributed by atoms with E-state index < -0.39 is 5.82 Å². The number of hydrogen-bond donors (Lipinski definition) is 2. The highest BCUT2D eigenvalue weighted by Crippen LogP contribution is 2.35.